The first kappa shape index (κ1) is 16.9. The van der Waals surface area contributed by atoms with Gasteiger partial charge in [-0.3, -0.25) is 9.59 Å². The summed E-state index contributed by atoms with van der Waals surface area (Å²) in [6.07, 6.45) is 1.07. The van der Waals surface area contributed by atoms with Crippen LogP contribution < -0.4 is 0 Å². The van der Waals surface area contributed by atoms with E-state index in [-0.39, 0.29) is 31.1 Å². The molecule has 1 fully saturated rings. The number of carbonyl (C=O) groups is 3. The molecule has 1 aliphatic heterocycles. The van der Waals surface area contributed by atoms with E-state index in [2.05, 4.69) is 25.1 Å². The van der Waals surface area contributed by atoms with E-state index in [1.807, 2.05) is 18.2 Å². The van der Waals surface area contributed by atoms with Crippen LogP contribution in [0.2, 0.25) is 0 Å². The summed E-state index contributed by atoms with van der Waals surface area (Å²) in [6.45, 7) is 1.88. The van der Waals surface area contributed by atoms with Gasteiger partial charge in [-0.25, -0.2) is 4.79 Å². The predicted molar refractivity (Wildman–Crippen MR) is 91.8 cm³/mol. The zero-order valence-corrected chi connectivity index (χ0v) is 14.0. The summed E-state index contributed by atoms with van der Waals surface area (Å²) < 4.78 is 0. The molecule has 2 aromatic carbocycles. The normalized spacial score (nSPS) is 14.5. The fraction of sp³-hybridized carbons (Fsp3) is 0.250. The first-order chi connectivity index (χ1) is 12.0. The molecule has 0 spiro atoms. The van der Waals surface area contributed by atoms with E-state index in [4.69, 9.17) is 4.84 Å². The average molecular weight is 337 g/mol. The van der Waals surface area contributed by atoms with Crippen molar-refractivity contribution < 1.29 is 19.2 Å². The van der Waals surface area contributed by atoms with Crippen LogP contribution in [0.3, 0.4) is 0 Å². The minimum Gasteiger partial charge on any atom is -0.332 e. The van der Waals surface area contributed by atoms with E-state index in [9.17, 15) is 14.4 Å². The van der Waals surface area contributed by atoms with E-state index in [0.29, 0.717) is 5.56 Å². The van der Waals surface area contributed by atoms with Crippen LogP contribution in [0.25, 0.3) is 0 Å². The number of hydrogen-bond acceptors (Lipinski definition) is 4. The molecule has 0 aromatic heterocycles. The van der Waals surface area contributed by atoms with Crippen LogP contribution >= 0.6 is 0 Å². The molecule has 0 bridgehead atoms. The van der Waals surface area contributed by atoms with Gasteiger partial charge in [-0.1, -0.05) is 42.0 Å². The quantitative estimate of drug-likeness (QED) is 0.860. The maximum Gasteiger partial charge on any atom is 0.363 e. The lowest BCUT2D eigenvalue weighted by Gasteiger charge is -2.23. The van der Waals surface area contributed by atoms with E-state index < -0.39 is 5.97 Å². The molecule has 5 nitrogen and oxygen atoms in total. The Kier molecular flexibility index (Phi) is 4.93. The lowest BCUT2D eigenvalue weighted by Crippen LogP contribution is -2.41. The van der Waals surface area contributed by atoms with Crippen LogP contribution in [0, 0.1) is 6.92 Å². The average Bonchev–Trinajstić information content (AvgIpc) is 2.59. The van der Waals surface area contributed by atoms with Gasteiger partial charge in [0.05, 0.1) is 5.56 Å². The summed E-state index contributed by atoms with van der Waals surface area (Å²) in [5.41, 5.74) is 3.83. The molecule has 0 aliphatic carbocycles. The zero-order chi connectivity index (χ0) is 17.8. The molecule has 1 aliphatic rings. The van der Waals surface area contributed by atoms with Crippen LogP contribution in [-0.4, -0.2) is 29.3 Å². The van der Waals surface area contributed by atoms with Gasteiger partial charge < -0.3 is 4.84 Å². The van der Waals surface area contributed by atoms with Gasteiger partial charge in [0.1, 0.15) is 6.54 Å². The number of Topliss-reactive ketones (excluding diaryl/α,β-unsaturated/α-hetero) is 1. The van der Waals surface area contributed by atoms with Crippen molar-refractivity contribution in [3.05, 3.63) is 70.8 Å². The summed E-state index contributed by atoms with van der Waals surface area (Å²) in [5.74, 6) is -1.09. The lowest BCUT2D eigenvalue weighted by molar-refractivity contribution is -0.174. The van der Waals surface area contributed by atoms with Gasteiger partial charge in [0.15, 0.2) is 5.78 Å². The summed E-state index contributed by atoms with van der Waals surface area (Å²) in [5, 5.41) is 0.856. The Morgan fingerprint density at radius 1 is 1.04 bits per heavy atom. The first-order valence-corrected chi connectivity index (χ1v) is 8.20. The van der Waals surface area contributed by atoms with Crippen LogP contribution in [0.5, 0.6) is 0 Å². The first-order valence-electron chi connectivity index (χ1n) is 8.20. The van der Waals surface area contributed by atoms with Crippen molar-refractivity contribution in [2.45, 2.75) is 26.2 Å². The molecule has 0 radical (unpaired) electrons. The van der Waals surface area contributed by atoms with Gasteiger partial charge >= 0.3 is 5.97 Å². The van der Waals surface area contributed by atoms with E-state index >= 15 is 0 Å². The van der Waals surface area contributed by atoms with Gasteiger partial charge in [0, 0.05) is 12.8 Å². The molecule has 128 valence electrons. The third-order valence-electron chi connectivity index (χ3n) is 4.09. The molecule has 1 amide bonds. The highest BCUT2D eigenvalue weighted by atomic mass is 16.7. The molecule has 0 N–H and O–H groups in total. The Balaban J connectivity index is 1.64. The third kappa shape index (κ3) is 4.32. The second kappa shape index (κ2) is 7.30. The molecular formula is C20H19NO4. The topological polar surface area (TPSA) is 63.7 Å². The second-order valence-corrected chi connectivity index (χ2v) is 6.21. The summed E-state index contributed by atoms with van der Waals surface area (Å²) in [6, 6.07) is 15.3. The Hall–Kier alpha value is -2.95. The number of hydroxylamine groups is 2. The van der Waals surface area contributed by atoms with Crippen molar-refractivity contribution >= 4 is 17.7 Å². The van der Waals surface area contributed by atoms with Crippen molar-refractivity contribution in [1.82, 2.24) is 5.06 Å². The Labute approximate surface area is 146 Å². The van der Waals surface area contributed by atoms with Gasteiger partial charge in [0.25, 0.3) is 5.91 Å². The number of aryl methyl sites for hydroxylation is 1. The molecular weight excluding hydrogens is 318 g/mol. The number of rotatable bonds is 4. The number of carbonyl (C=O) groups excluding carboxylic acids is 3. The van der Waals surface area contributed by atoms with Crippen molar-refractivity contribution in [2.75, 3.05) is 6.54 Å². The molecule has 25 heavy (non-hydrogen) atoms. The van der Waals surface area contributed by atoms with Gasteiger partial charge in [0.2, 0.25) is 0 Å². The molecule has 1 saturated heterocycles. The second-order valence-electron chi connectivity index (χ2n) is 6.21. The van der Waals surface area contributed by atoms with E-state index in [1.165, 1.54) is 11.1 Å². The van der Waals surface area contributed by atoms with Crippen molar-refractivity contribution in [1.29, 1.82) is 0 Å². The van der Waals surface area contributed by atoms with Gasteiger partial charge in [-0.2, -0.15) is 5.06 Å². The Morgan fingerprint density at radius 2 is 1.80 bits per heavy atom. The Morgan fingerprint density at radius 3 is 2.52 bits per heavy atom. The van der Waals surface area contributed by atoms with E-state index in [1.54, 1.807) is 12.1 Å². The Bertz CT molecular complexity index is 811. The fourth-order valence-corrected chi connectivity index (χ4v) is 2.75. The van der Waals surface area contributed by atoms with Crippen molar-refractivity contribution in [2.24, 2.45) is 0 Å². The lowest BCUT2D eigenvalue weighted by atomic mass is 10.0. The maximum absolute atomic E-state index is 12.2. The van der Waals surface area contributed by atoms with Crippen molar-refractivity contribution in [3.8, 4) is 0 Å². The maximum atomic E-state index is 12.2. The smallest absolute Gasteiger partial charge is 0.332 e. The van der Waals surface area contributed by atoms with E-state index in [0.717, 1.165) is 17.0 Å². The summed E-state index contributed by atoms with van der Waals surface area (Å²) >= 11 is 0. The minimum atomic E-state index is -0.634. The number of ketones is 1. The van der Waals surface area contributed by atoms with Crippen LogP contribution in [-0.2, 0) is 20.8 Å². The largest absolute Gasteiger partial charge is 0.363 e. The van der Waals surface area contributed by atoms with Gasteiger partial charge in [-0.15, -0.1) is 0 Å². The van der Waals surface area contributed by atoms with Gasteiger partial charge in [-0.05, 0) is 36.6 Å². The number of hydrogen-bond donors (Lipinski definition) is 0. The molecule has 0 saturated carbocycles. The fourth-order valence-electron chi connectivity index (χ4n) is 2.75. The molecule has 0 unspecified atom stereocenters. The van der Waals surface area contributed by atoms with Crippen LogP contribution in [0.4, 0.5) is 0 Å². The minimum absolute atomic E-state index is 0.0849. The highest BCUT2D eigenvalue weighted by Crippen LogP contribution is 2.15. The molecule has 3 rings (SSSR count). The zero-order valence-electron chi connectivity index (χ0n) is 14.0. The number of amides is 1. The van der Waals surface area contributed by atoms with Crippen molar-refractivity contribution in [3.63, 3.8) is 0 Å². The molecule has 0 atom stereocenters. The standard InChI is InChI=1S/C20H19NO4/c1-14-3-2-4-16(11-14)12-15-5-7-17(8-6-15)20(24)25-21-13-18(22)9-10-19(21)23/h2-8,11H,9-10,12-13H2,1H3. The highest BCUT2D eigenvalue weighted by molar-refractivity contribution is 5.94. The number of benzene rings is 2. The number of nitrogens with zero attached hydrogens (tertiary/aromatic N) is 1. The van der Waals surface area contributed by atoms with Crippen LogP contribution in [0.1, 0.15) is 39.9 Å². The third-order valence-corrected chi connectivity index (χ3v) is 4.09. The molecule has 5 heteroatoms. The van der Waals surface area contributed by atoms with Crippen LogP contribution in [0.15, 0.2) is 48.5 Å². The summed E-state index contributed by atoms with van der Waals surface area (Å²) in [7, 11) is 0. The number of piperidine rings is 1. The SMILES string of the molecule is Cc1cccc(Cc2ccc(C(=O)ON3CC(=O)CCC3=O)cc2)c1. The highest BCUT2D eigenvalue weighted by Gasteiger charge is 2.27. The molecule has 2 aromatic rings. The predicted octanol–water partition coefficient (Wildman–Crippen LogP) is 2.85. The molecule has 1 heterocycles. The summed E-state index contributed by atoms with van der Waals surface area (Å²) in [4.78, 5) is 40.3. The monoisotopic (exact) mass is 337 g/mol.